The highest BCUT2D eigenvalue weighted by Crippen LogP contribution is 2.16. The number of carbonyl (C=O) groups excluding carboxylic acids is 1. The molecule has 0 aromatic heterocycles. The third kappa shape index (κ3) is 6.23. The van der Waals surface area contributed by atoms with Crippen LogP contribution in [0.5, 0.6) is 0 Å². The number of para-hydroxylation sites is 1. The van der Waals surface area contributed by atoms with Crippen LogP contribution < -0.4 is 9.62 Å². The van der Waals surface area contributed by atoms with E-state index in [4.69, 9.17) is 0 Å². The molecule has 0 saturated heterocycles. The molecule has 0 unspecified atom stereocenters. The standard InChI is InChI=1S/C19H24N2O3S/c1-16-8-10-17(11-9-16)12-14-20-19(22)13-15-21(25(2,23)24)18-6-4-3-5-7-18/h3-11H,12-15H2,1-2H3,(H,20,22). The fraction of sp³-hybridized carbons (Fsp3) is 0.316. The second-order valence-corrected chi connectivity index (χ2v) is 7.91. The number of carbonyl (C=O) groups is 1. The zero-order chi connectivity index (χ0) is 18.3. The molecule has 2 aromatic carbocycles. The summed E-state index contributed by atoms with van der Waals surface area (Å²) in [6.45, 7) is 2.69. The Balaban J connectivity index is 1.84. The predicted octanol–water partition coefficient (Wildman–Crippen LogP) is 2.51. The Morgan fingerprint density at radius 3 is 2.28 bits per heavy atom. The van der Waals surface area contributed by atoms with Crippen LogP contribution in [0.1, 0.15) is 17.5 Å². The molecule has 0 aliphatic heterocycles. The maximum absolute atomic E-state index is 12.0. The Kier molecular flexibility index (Phi) is 6.58. The average molecular weight is 360 g/mol. The molecule has 5 nitrogen and oxygen atoms in total. The molecule has 25 heavy (non-hydrogen) atoms. The lowest BCUT2D eigenvalue weighted by Crippen LogP contribution is -2.35. The largest absolute Gasteiger partial charge is 0.356 e. The first-order chi connectivity index (χ1) is 11.9. The summed E-state index contributed by atoms with van der Waals surface area (Å²) in [5.74, 6) is -0.156. The Hall–Kier alpha value is -2.34. The number of rotatable bonds is 8. The number of aryl methyl sites for hydroxylation is 1. The van der Waals surface area contributed by atoms with E-state index in [-0.39, 0.29) is 18.9 Å². The maximum atomic E-state index is 12.0. The third-order valence-electron chi connectivity index (χ3n) is 3.84. The minimum Gasteiger partial charge on any atom is -0.356 e. The van der Waals surface area contributed by atoms with Gasteiger partial charge in [-0.2, -0.15) is 0 Å². The lowest BCUT2D eigenvalue weighted by molar-refractivity contribution is -0.120. The third-order valence-corrected chi connectivity index (χ3v) is 5.04. The van der Waals surface area contributed by atoms with Crippen LogP contribution in [-0.2, 0) is 21.2 Å². The first-order valence-corrected chi connectivity index (χ1v) is 10.1. The lowest BCUT2D eigenvalue weighted by Gasteiger charge is -2.22. The number of amides is 1. The molecular weight excluding hydrogens is 336 g/mol. The zero-order valence-electron chi connectivity index (χ0n) is 14.6. The number of hydrogen-bond donors (Lipinski definition) is 1. The average Bonchev–Trinajstić information content (AvgIpc) is 2.56. The highest BCUT2D eigenvalue weighted by molar-refractivity contribution is 7.92. The Labute approximate surface area is 149 Å². The van der Waals surface area contributed by atoms with Crippen LogP contribution in [0, 0.1) is 6.92 Å². The van der Waals surface area contributed by atoms with Gasteiger partial charge in [-0.1, -0.05) is 48.0 Å². The van der Waals surface area contributed by atoms with Crippen LogP contribution in [0.4, 0.5) is 5.69 Å². The quantitative estimate of drug-likeness (QED) is 0.787. The van der Waals surface area contributed by atoms with Crippen molar-refractivity contribution in [3.8, 4) is 0 Å². The number of sulfonamides is 1. The van der Waals surface area contributed by atoms with Gasteiger partial charge in [-0.15, -0.1) is 0 Å². The lowest BCUT2D eigenvalue weighted by atomic mass is 10.1. The van der Waals surface area contributed by atoms with E-state index in [0.29, 0.717) is 12.2 Å². The van der Waals surface area contributed by atoms with Crippen LogP contribution in [0.3, 0.4) is 0 Å². The summed E-state index contributed by atoms with van der Waals surface area (Å²) in [5, 5.41) is 2.84. The summed E-state index contributed by atoms with van der Waals surface area (Å²) >= 11 is 0. The Morgan fingerprint density at radius 1 is 1.04 bits per heavy atom. The van der Waals surface area contributed by atoms with E-state index in [1.165, 1.54) is 9.87 Å². The van der Waals surface area contributed by atoms with Gasteiger partial charge >= 0.3 is 0 Å². The van der Waals surface area contributed by atoms with Gasteiger partial charge in [0.25, 0.3) is 0 Å². The van der Waals surface area contributed by atoms with E-state index in [1.54, 1.807) is 24.3 Å². The molecule has 0 fully saturated rings. The van der Waals surface area contributed by atoms with E-state index in [2.05, 4.69) is 5.32 Å². The molecule has 0 aliphatic carbocycles. The SMILES string of the molecule is Cc1ccc(CCNC(=O)CCN(c2ccccc2)S(C)(=O)=O)cc1. The number of nitrogens with one attached hydrogen (secondary N) is 1. The number of hydrogen-bond acceptors (Lipinski definition) is 3. The molecule has 1 N–H and O–H groups in total. The van der Waals surface area contributed by atoms with Crippen molar-refractivity contribution >= 4 is 21.6 Å². The normalized spacial score (nSPS) is 11.1. The van der Waals surface area contributed by atoms with Gasteiger partial charge in [0.2, 0.25) is 15.9 Å². The molecular formula is C19H24N2O3S. The van der Waals surface area contributed by atoms with Crippen molar-refractivity contribution in [2.45, 2.75) is 19.8 Å². The van der Waals surface area contributed by atoms with Gasteiger partial charge < -0.3 is 5.32 Å². The molecule has 0 saturated carbocycles. The van der Waals surface area contributed by atoms with Gasteiger partial charge in [0, 0.05) is 19.5 Å². The van der Waals surface area contributed by atoms with Crippen molar-refractivity contribution in [3.05, 3.63) is 65.7 Å². The van der Waals surface area contributed by atoms with Crippen molar-refractivity contribution in [3.63, 3.8) is 0 Å². The van der Waals surface area contributed by atoms with Gasteiger partial charge in [-0.25, -0.2) is 8.42 Å². The van der Waals surface area contributed by atoms with Crippen molar-refractivity contribution in [1.82, 2.24) is 5.32 Å². The van der Waals surface area contributed by atoms with E-state index in [9.17, 15) is 13.2 Å². The summed E-state index contributed by atoms with van der Waals surface area (Å²) in [6.07, 6.45) is 2.02. The molecule has 0 atom stereocenters. The molecule has 2 aromatic rings. The minimum atomic E-state index is -3.43. The number of nitrogens with zero attached hydrogens (tertiary/aromatic N) is 1. The second-order valence-electron chi connectivity index (χ2n) is 6.01. The van der Waals surface area contributed by atoms with Crippen molar-refractivity contribution in [2.75, 3.05) is 23.7 Å². The monoisotopic (exact) mass is 360 g/mol. The van der Waals surface area contributed by atoms with Crippen LogP contribution in [0.25, 0.3) is 0 Å². The molecule has 0 bridgehead atoms. The summed E-state index contributed by atoms with van der Waals surface area (Å²) < 4.78 is 25.2. The first kappa shape index (κ1) is 19.0. The predicted molar refractivity (Wildman–Crippen MR) is 101 cm³/mol. The number of benzene rings is 2. The van der Waals surface area contributed by atoms with Gasteiger partial charge in [0.15, 0.2) is 0 Å². The summed E-state index contributed by atoms with van der Waals surface area (Å²) in [7, 11) is -3.43. The first-order valence-electron chi connectivity index (χ1n) is 8.21. The smallest absolute Gasteiger partial charge is 0.232 e. The number of anilines is 1. The molecule has 0 heterocycles. The fourth-order valence-corrected chi connectivity index (χ4v) is 3.40. The second kappa shape index (κ2) is 8.67. The van der Waals surface area contributed by atoms with Gasteiger partial charge in [-0.3, -0.25) is 9.10 Å². The van der Waals surface area contributed by atoms with Crippen molar-refractivity contribution < 1.29 is 13.2 Å². The molecule has 0 spiro atoms. The molecule has 1 amide bonds. The zero-order valence-corrected chi connectivity index (χ0v) is 15.4. The fourth-order valence-electron chi connectivity index (χ4n) is 2.47. The molecule has 6 heteroatoms. The van der Waals surface area contributed by atoms with E-state index in [1.807, 2.05) is 37.3 Å². The Bertz CT molecular complexity index is 787. The summed E-state index contributed by atoms with van der Waals surface area (Å²) in [5.41, 5.74) is 2.93. The minimum absolute atomic E-state index is 0.121. The topological polar surface area (TPSA) is 66.5 Å². The van der Waals surface area contributed by atoms with Crippen LogP contribution in [-0.4, -0.2) is 33.7 Å². The molecule has 134 valence electrons. The molecule has 2 rings (SSSR count). The van der Waals surface area contributed by atoms with Crippen LogP contribution in [0.15, 0.2) is 54.6 Å². The van der Waals surface area contributed by atoms with Crippen LogP contribution in [0.2, 0.25) is 0 Å². The maximum Gasteiger partial charge on any atom is 0.232 e. The molecule has 0 radical (unpaired) electrons. The highest BCUT2D eigenvalue weighted by atomic mass is 32.2. The van der Waals surface area contributed by atoms with Crippen molar-refractivity contribution in [1.29, 1.82) is 0 Å². The van der Waals surface area contributed by atoms with E-state index >= 15 is 0 Å². The van der Waals surface area contributed by atoms with Gasteiger partial charge in [-0.05, 0) is 31.0 Å². The van der Waals surface area contributed by atoms with E-state index in [0.717, 1.165) is 18.2 Å². The van der Waals surface area contributed by atoms with Gasteiger partial charge in [0.05, 0.1) is 11.9 Å². The van der Waals surface area contributed by atoms with Gasteiger partial charge in [0.1, 0.15) is 0 Å². The molecule has 0 aliphatic rings. The summed E-state index contributed by atoms with van der Waals surface area (Å²) in [4.78, 5) is 12.0. The van der Waals surface area contributed by atoms with Crippen molar-refractivity contribution in [2.24, 2.45) is 0 Å². The van der Waals surface area contributed by atoms with Crippen LogP contribution >= 0.6 is 0 Å². The highest BCUT2D eigenvalue weighted by Gasteiger charge is 2.18. The Morgan fingerprint density at radius 2 is 1.68 bits per heavy atom. The summed E-state index contributed by atoms with van der Waals surface area (Å²) in [6, 6.07) is 17.0. The van der Waals surface area contributed by atoms with E-state index < -0.39 is 10.0 Å².